The van der Waals surface area contributed by atoms with Crippen LogP contribution in [0.4, 0.5) is 8.78 Å². The quantitative estimate of drug-likeness (QED) is 0.405. The van der Waals surface area contributed by atoms with Gasteiger partial charge in [0, 0.05) is 9.75 Å². The SMILES string of the molecule is Fc1cc(-c2ccc(C3CCCC3)cc2)cc(F)c1-c1ccc(C2CCCC2)s1. The molecular weight excluding hydrogens is 382 g/mol. The minimum atomic E-state index is -0.473. The number of rotatable bonds is 4. The van der Waals surface area contributed by atoms with Crippen LogP contribution in [0.5, 0.6) is 0 Å². The van der Waals surface area contributed by atoms with Gasteiger partial charge in [-0.15, -0.1) is 11.3 Å². The van der Waals surface area contributed by atoms with Crippen molar-refractivity contribution in [3.05, 3.63) is 70.6 Å². The molecule has 2 saturated carbocycles. The van der Waals surface area contributed by atoms with Gasteiger partial charge >= 0.3 is 0 Å². The van der Waals surface area contributed by atoms with Gasteiger partial charge in [-0.25, -0.2) is 8.78 Å². The zero-order chi connectivity index (χ0) is 19.8. The Labute approximate surface area is 175 Å². The molecule has 150 valence electrons. The van der Waals surface area contributed by atoms with Crippen molar-refractivity contribution in [2.75, 3.05) is 0 Å². The smallest absolute Gasteiger partial charge is 0.135 e. The molecule has 0 amide bonds. The highest BCUT2D eigenvalue weighted by Gasteiger charge is 2.22. The Morgan fingerprint density at radius 3 is 1.86 bits per heavy atom. The van der Waals surface area contributed by atoms with E-state index in [4.69, 9.17) is 0 Å². The number of halogens is 2. The molecule has 0 aliphatic heterocycles. The normalized spacial score (nSPS) is 18.0. The third-order valence-corrected chi connectivity index (χ3v) is 8.01. The highest BCUT2D eigenvalue weighted by atomic mass is 32.1. The molecule has 0 nitrogen and oxygen atoms in total. The van der Waals surface area contributed by atoms with Crippen molar-refractivity contribution < 1.29 is 8.78 Å². The molecule has 29 heavy (non-hydrogen) atoms. The van der Waals surface area contributed by atoms with E-state index in [-0.39, 0.29) is 5.56 Å². The van der Waals surface area contributed by atoms with Crippen molar-refractivity contribution in [3.63, 3.8) is 0 Å². The molecule has 0 bridgehead atoms. The average Bonchev–Trinajstić information content (AvgIpc) is 3.49. The van der Waals surface area contributed by atoms with E-state index in [2.05, 4.69) is 18.2 Å². The number of hydrogen-bond acceptors (Lipinski definition) is 1. The minimum Gasteiger partial charge on any atom is -0.206 e. The molecule has 2 aliphatic rings. The first kappa shape index (κ1) is 19.0. The summed E-state index contributed by atoms with van der Waals surface area (Å²) in [5.41, 5.74) is 2.94. The lowest BCUT2D eigenvalue weighted by Gasteiger charge is -2.11. The van der Waals surface area contributed by atoms with E-state index in [1.165, 1.54) is 73.9 Å². The summed E-state index contributed by atoms with van der Waals surface area (Å²) in [7, 11) is 0. The highest BCUT2D eigenvalue weighted by Crippen LogP contribution is 2.42. The summed E-state index contributed by atoms with van der Waals surface area (Å²) >= 11 is 1.55. The number of hydrogen-bond donors (Lipinski definition) is 0. The van der Waals surface area contributed by atoms with Crippen LogP contribution >= 0.6 is 11.3 Å². The zero-order valence-electron chi connectivity index (χ0n) is 16.6. The van der Waals surface area contributed by atoms with Crippen molar-refractivity contribution in [1.29, 1.82) is 0 Å². The predicted molar refractivity (Wildman–Crippen MR) is 118 cm³/mol. The lowest BCUT2D eigenvalue weighted by molar-refractivity contribution is 0.591. The molecule has 3 aromatic rings. The van der Waals surface area contributed by atoms with Crippen LogP contribution in [-0.2, 0) is 0 Å². The maximum absolute atomic E-state index is 15.0. The summed E-state index contributed by atoms with van der Waals surface area (Å²) in [6.45, 7) is 0. The molecule has 0 radical (unpaired) electrons. The molecular formula is C26H26F2S. The summed E-state index contributed by atoms with van der Waals surface area (Å²) in [6.07, 6.45) is 10.0. The fourth-order valence-electron chi connectivity index (χ4n) is 5.10. The Kier molecular flexibility index (Phi) is 5.26. The first-order valence-corrected chi connectivity index (χ1v) is 11.7. The second-order valence-electron chi connectivity index (χ2n) is 8.60. The highest BCUT2D eigenvalue weighted by molar-refractivity contribution is 7.15. The molecule has 0 saturated heterocycles. The van der Waals surface area contributed by atoms with Gasteiger partial charge in [0.05, 0.1) is 5.56 Å². The van der Waals surface area contributed by atoms with Crippen LogP contribution in [0, 0.1) is 11.6 Å². The molecule has 0 N–H and O–H groups in total. The van der Waals surface area contributed by atoms with Crippen LogP contribution in [0.25, 0.3) is 21.6 Å². The molecule has 0 unspecified atom stereocenters. The molecule has 0 spiro atoms. The Bertz CT molecular complexity index is 967. The van der Waals surface area contributed by atoms with E-state index in [0.29, 0.717) is 22.3 Å². The van der Waals surface area contributed by atoms with Gasteiger partial charge in [-0.1, -0.05) is 49.9 Å². The van der Waals surface area contributed by atoms with Crippen LogP contribution in [0.1, 0.15) is 73.6 Å². The van der Waals surface area contributed by atoms with Crippen molar-refractivity contribution in [2.45, 2.75) is 63.2 Å². The summed E-state index contributed by atoms with van der Waals surface area (Å²) in [5.74, 6) is 0.268. The number of benzene rings is 2. The third kappa shape index (κ3) is 3.77. The second kappa shape index (κ2) is 8.02. The Morgan fingerprint density at radius 2 is 1.24 bits per heavy atom. The first-order chi connectivity index (χ1) is 14.2. The van der Waals surface area contributed by atoms with Crippen LogP contribution < -0.4 is 0 Å². The molecule has 2 aromatic carbocycles. The van der Waals surface area contributed by atoms with E-state index < -0.39 is 11.6 Å². The fourth-order valence-corrected chi connectivity index (χ4v) is 6.32. The van der Waals surface area contributed by atoms with E-state index >= 15 is 0 Å². The molecule has 2 aliphatic carbocycles. The first-order valence-electron chi connectivity index (χ1n) is 10.9. The van der Waals surface area contributed by atoms with Crippen LogP contribution in [0.15, 0.2) is 48.5 Å². The molecule has 2 fully saturated rings. The lowest BCUT2D eigenvalue weighted by atomic mass is 9.94. The average molecular weight is 409 g/mol. The molecule has 1 heterocycles. The van der Waals surface area contributed by atoms with Crippen molar-refractivity contribution in [2.24, 2.45) is 0 Å². The Morgan fingerprint density at radius 1 is 0.655 bits per heavy atom. The summed E-state index contributed by atoms with van der Waals surface area (Å²) < 4.78 is 29.9. The van der Waals surface area contributed by atoms with Gasteiger partial charge in [0.1, 0.15) is 11.6 Å². The minimum absolute atomic E-state index is 0.116. The molecule has 3 heteroatoms. The van der Waals surface area contributed by atoms with Gasteiger partial charge in [0.25, 0.3) is 0 Å². The standard InChI is InChI=1S/C26H26F2S/c27-22-15-21(19-11-9-18(10-12-19)17-5-1-2-6-17)16-23(28)26(22)25-14-13-24(29-25)20-7-3-4-8-20/h9-17,20H,1-8H2. The molecule has 5 rings (SSSR count). The van der Waals surface area contributed by atoms with E-state index in [0.717, 1.165) is 5.56 Å². The largest absolute Gasteiger partial charge is 0.206 e. The monoisotopic (exact) mass is 408 g/mol. The van der Waals surface area contributed by atoms with Crippen molar-refractivity contribution >= 4 is 11.3 Å². The van der Waals surface area contributed by atoms with Crippen LogP contribution in [0.3, 0.4) is 0 Å². The van der Waals surface area contributed by atoms with Crippen LogP contribution in [0.2, 0.25) is 0 Å². The topological polar surface area (TPSA) is 0 Å². The van der Waals surface area contributed by atoms with Crippen molar-refractivity contribution in [1.82, 2.24) is 0 Å². The Balaban J connectivity index is 1.42. The van der Waals surface area contributed by atoms with Gasteiger partial charge in [-0.3, -0.25) is 0 Å². The van der Waals surface area contributed by atoms with E-state index in [9.17, 15) is 8.78 Å². The van der Waals surface area contributed by atoms with Gasteiger partial charge in [-0.2, -0.15) is 0 Å². The van der Waals surface area contributed by atoms with E-state index in [1.807, 2.05) is 18.2 Å². The molecule has 0 atom stereocenters. The van der Waals surface area contributed by atoms with Gasteiger partial charge in [0.15, 0.2) is 0 Å². The fraction of sp³-hybridized carbons (Fsp3) is 0.385. The van der Waals surface area contributed by atoms with E-state index in [1.54, 1.807) is 11.3 Å². The lowest BCUT2D eigenvalue weighted by Crippen LogP contribution is -1.93. The summed E-state index contributed by atoms with van der Waals surface area (Å²) in [4.78, 5) is 1.97. The zero-order valence-corrected chi connectivity index (χ0v) is 17.4. The van der Waals surface area contributed by atoms with Gasteiger partial charge < -0.3 is 0 Å². The maximum Gasteiger partial charge on any atom is 0.135 e. The summed E-state index contributed by atoms with van der Waals surface area (Å²) in [5, 5.41) is 0. The van der Waals surface area contributed by atoms with Crippen LogP contribution in [-0.4, -0.2) is 0 Å². The van der Waals surface area contributed by atoms with Gasteiger partial charge in [-0.05, 0) is 78.5 Å². The predicted octanol–water partition coefficient (Wildman–Crippen LogP) is 8.68. The third-order valence-electron chi connectivity index (χ3n) is 6.74. The second-order valence-corrected chi connectivity index (χ2v) is 9.72. The Hall–Kier alpha value is -2.00. The van der Waals surface area contributed by atoms with Gasteiger partial charge in [0.2, 0.25) is 0 Å². The maximum atomic E-state index is 15.0. The summed E-state index contributed by atoms with van der Waals surface area (Å²) in [6, 6.07) is 15.2. The number of thiophene rings is 1. The van der Waals surface area contributed by atoms with Crippen molar-refractivity contribution in [3.8, 4) is 21.6 Å². The molecule has 1 aromatic heterocycles.